The number of H-pyrrole nitrogens is 1. The van der Waals surface area contributed by atoms with Gasteiger partial charge in [0.05, 0.1) is 0 Å². The minimum Gasteiger partial charge on any atom is -0.421 e. The van der Waals surface area contributed by atoms with Crippen molar-refractivity contribution in [3.8, 4) is 11.5 Å². The number of thiophene rings is 1. The molecule has 12 heteroatoms. The summed E-state index contributed by atoms with van der Waals surface area (Å²) in [4.78, 5) is 14.8. The predicted octanol–water partition coefficient (Wildman–Crippen LogP) is 2.51. The van der Waals surface area contributed by atoms with Crippen molar-refractivity contribution in [3.63, 3.8) is 0 Å². The van der Waals surface area contributed by atoms with Crippen LogP contribution in [0.2, 0.25) is 0 Å². The second-order valence-electron chi connectivity index (χ2n) is 4.57. The molecule has 0 aromatic carbocycles. The number of alkyl halides is 3. The summed E-state index contributed by atoms with van der Waals surface area (Å²) < 4.78 is 42.5. The molecule has 1 amide bonds. The Kier molecular flexibility index (Phi) is 4.29. The summed E-state index contributed by atoms with van der Waals surface area (Å²) in [5.74, 6) is -1.71. The van der Waals surface area contributed by atoms with Crippen molar-refractivity contribution in [1.82, 2.24) is 25.4 Å². The summed E-state index contributed by atoms with van der Waals surface area (Å²) in [5, 5.41) is 18.5. The Morgan fingerprint density at radius 1 is 1.38 bits per heavy atom. The monoisotopic (exact) mass is 358 g/mol. The van der Waals surface area contributed by atoms with Gasteiger partial charge in [0, 0.05) is 23.8 Å². The number of halogens is 3. The maximum absolute atomic E-state index is 12.4. The number of hydrogen-bond acceptors (Lipinski definition) is 7. The molecule has 0 aliphatic rings. The van der Waals surface area contributed by atoms with Crippen molar-refractivity contribution in [2.24, 2.45) is 0 Å². The molecule has 0 bridgehead atoms. The number of carbonyl (C=O) groups excluding carboxylic acids is 1. The van der Waals surface area contributed by atoms with Crippen LogP contribution in [-0.4, -0.2) is 31.3 Å². The van der Waals surface area contributed by atoms with Gasteiger partial charge in [-0.05, 0) is 11.4 Å². The van der Waals surface area contributed by atoms with Gasteiger partial charge >= 0.3 is 6.18 Å². The van der Waals surface area contributed by atoms with E-state index in [1.807, 2.05) is 16.8 Å². The highest BCUT2D eigenvalue weighted by molar-refractivity contribution is 7.08. The quantitative estimate of drug-likeness (QED) is 0.725. The average molecular weight is 358 g/mol. The highest BCUT2D eigenvalue weighted by Gasteiger charge is 2.35. The molecule has 0 saturated heterocycles. The van der Waals surface area contributed by atoms with Crippen molar-refractivity contribution >= 4 is 23.2 Å². The van der Waals surface area contributed by atoms with Crippen LogP contribution in [0.3, 0.4) is 0 Å². The van der Waals surface area contributed by atoms with Gasteiger partial charge in [0.1, 0.15) is 0 Å². The van der Waals surface area contributed by atoms with Gasteiger partial charge in [-0.15, -0.1) is 15.3 Å². The molecule has 0 saturated carbocycles. The van der Waals surface area contributed by atoms with Gasteiger partial charge in [0.25, 0.3) is 0 Å². The van der Waals surface area contributed by atoms with Crippen molar-refractivity contribution < 1.29 is 22.4 Å². The molecule has 3 aromatic heterocycles. The number of hydrogen-bond donors (Lipinski definition) is 2. The van der Waals surface area contributed by atoms with Crippen LogP contribution in [-0.2, 0) is 17.4 Å². The van der Waals surface area contributed by atoms with Crippen molar-refractivity contribution in [2.45, 2.75) is 19.0 Å². The molecule has 126 valence electrons. The summed E-state index contributed by atoms with van der Waals surface area (Å²) in [5.41, 5.74) is 0.781. The van der Waals surface area contributed by atoms with Crippen LogP contribution in [0.25, 0.3) is 11.5 Å². The summed E-state index contributed by atoms with van der Waals surface area (Å²) in [6, 6.07) is 1.82. The second-order valence-corrected chi connectivity index (χ2v) is 5.35. The minimum absolute atomic E-state index is 0.0683. The first-order valence-electron chi connectivity index (χ1n) is 6.56. The fraction of sp³-hybridized carbons (Fsp3) is 0.250. The first-order chi connectivity index (χ1) is 11.4. The molecular weight excluding hydrogens is 349 g/mol. The van der Waals surface area contributed by atoms with Crippen LogP contribution in [0, 0.1) is 0 Å². The fourth-order valence-corrected chi connectivity index (χ4v) is 2.34. The Hall–Kier alpha value is -2.76. The van der Waals surface area contributed by atoms with Crippen LogP contribution in [0.4, 0.5) is 19.1 Å². The molecular formula is C12H9F3N6O2S. The lowest BCUT2D eigenvalue weighted by Gasteiger charge is -1.99. The van der Waals surface area contributed by atoms with E-state index in [1.165, 1.54) is 11.3 Å². The molecule has 3 aromatic rings. The number of nitrogens with one attached hydrogen (secondary N) is 2. The fourth-order valence-electron chi connectivity index (χ4n) is 1.71. The van der Waals surface area contributed by atoms with E-state index in [9.17, 15) is 18.0 Å². The van der Waals surface area contributed by atoms with Gasteiger partial charge in [-0.1, -0.05) is 0 Å². The van der Waals surface area contributed by atoms with E-state index >= 15 is 0 Å². The van der Waals surface area contributed by atoms with E-state index in [1.54, 1.807) is 5.10 Å². The SMILES string of the molecule is O=C(CCc1nnc(-c2ccsc2)o1)Nc1n[nH]c(C(F)(F)F)n1. The third-order valence-electron chi connectivity index (χ3n) is 2.81. The maximum atomic E-state index is 12.4. The summed E-state index contributed by atoms with van der Waals surface area (Å²) in [6.07, 6.45) is -4.58. The predicted molar refractivity (Wildman–Crippen MR) is 75.9 cm³/mol. The summed E-state index contributed by atoms with van der Waals surface area (Å²) in [6.45, 7) is 0. The van der Waals surface area contributed by atoms with Gasteiger partial charge in [0.2, 0.25) is 29.5 Å². The third-order valence-corrected chi connectivity index (χ3v) is 3.49. The highest BCUT2D eigenvalue weighted by atomic mass is 32.1. The molecule has 3 rings (SSSR count). The van der Waals surface area contributed by atoms with Gasteiger partial charge in [-0.25, -0.2) is 0 Å². The highest BCUT2D eigenvalue weighted by Crippen LogP contribution is 2.26. The van der Waals surface area contributed by atoms with Crippen LogP contribution in [0.15, 0.2) is 21.2 Å². The number of rotatable bonds is 5. The number of nitrogens with zero attached hydrogens (tertiary/aromatic N) is 4. The largest absolute Gasteiger partial charge is 0.451 e. The van der Waals surface area contributed by atoms with E-state index in [4.69, 9.17) is 4.42 Å². The molecule has 0 aliphatic heterocycles. The topological polar surface area (TPSA) is 110 Å². The first kappa shape index (κ1) is 16.1. The minimum atomic E-state index is -4.65. The van der Waals surface area contributed by atoms with Crippen LogP contribution in [0.1, 0.15) is 18.1 Å². The first-order valence-corrected chi connectivity index (χ1v) is 7.50. The number of carbonyl (C=O) groups is 1. The normalized spacial score (nSPS) is 11.6. The smallest absolute Gasteiger partial charge is 0.421 e. The lowest BCUT2D eigenvalue weighted by atomic mass is 10.3. The third kappa shape index (κ3) is 3.76. The van der Waals surface area contributed by atoms with Crippen LogP contribution in [0.5, 0.6) is 0 Å². The van der Waals surface area contributed by atoms with Gasteiger partial charge < -0.3 is 4.42 Å². The van der Waals surface area contributed by atoms with Gasteiger partial charge in [-0.3, -0.25) is 15.2 Å². The van der Waals surface area contributed by atoms with E-state index in [-0.39, 0.29) is 18.7 Å². The maximum Gasteiger partial charge on any atom is 0.451 e. The zero-order chi connectivity index (χ0) is 17.2. The Balaban J connectivity index is 1.53. The molecule has 8 nitrogen and oxygen atoms in total. The number of aryl methyl sites for hydroxylation is 1. The Morgan fingerprint density at radius 3 is 2.88 bits per heavy atom. The van der Waals surface area contributed by atoms with E-state index < -0.39 is 23.9 Å². The summed E-state index contributed by atoms with van der Waals surface area (Å²) in [7, 11) is 0. The molecule has 0 aliphatic carbocycles. The molecule has 0 radical (unpaired) electrons. The Morgan fingerprint density at radius 2 is 2.21 bits per heavy atom. The van der Waals surface area contributed by atoms with Crippen LogP contribution >= 0.6 is 11.3 Å². The number of amides is 1. The molecule has 0 atom stereocenters. The lowest BCUT2D eigenvalue weighted by Crippen LogP contribution is -2.14. The van der Waals surface area contributed by atoms with E-state index in [2.05, 4.69) is 25.6 Å². The Labute approximate surface area is 136 Å². The van der Waals surface area contributed by atoms with Gasteiger partial charge in [0.15, 0.2) is 0 Å². The molecule has 0 fully saturated rings. The van der Waals surface area contributed by atoms with E-state index in [0.29, 0.717) is 5.89 Å². The standard InChI is InChI=1S/C12H9F3N6O2S/c13-12(14,15)10-17-11(21-20-10)16-7(22)1-2-8-18-19-9(23-8)6-3-4-24-5-6/h3-5H,1-2H2,(H2,16,17,20,21,22). The van der Waals surface area contributed by atoms with Crippen molar-refractivity contribution in [2.75, 3.05) is 5.32 Å². The molecule has 24 heavy (non-hydrogen) atoms. The molecule has 3 heterocycles. The molecule has 0 unspecified atom stereocenters. The number of aromatic nitrogens is 5. The van der Waals surface area contributed by atoms with Crippen molar-refractivity contribution in [1.29, 1.82) is 0 Å². The average Bonchev–Trinajstić information content (AvgIpc) is 3.25. The molecule has 2 N–H and O–H groups in total. The second kappa shape index (κ2) is 6.39. The lowest BCUT2D eigenvalue weighted by molar-refractivity contribution is -0.144. The summed E-state index contributed by atoms with van der Waals surface area (Å²) >= 11 is 1.48. The number of anilines is 1. The van der Waals surface area contributed by atoms with Gasteiger partial charge in [-0.2, -0.15) is 29.5 Å². The van der Waals surface area contributed by atoms with Crippen LogP contribution < -0.4 is 5.32 Å². The Bertz CT molecular complexity index is 826. The van der Waals surface area contributed by atoms with E-state index in [0.717, 1.165) is 5.56 Å². The zero-order valence-corrected chi connectivity index (χ0v) is 12.6. The number of aromatic amines is 1. The molecule has 0 spiro atoms. The zero-order valence-electron chi connectivity index (χ0n) is 11.8. The van der Waals surface area contributed by atoms with Crippen molar-refractivity contribution in [3.05, 3.63) is 28.5 Å².